The molecule has 1 aromatic heterocycles. The van der Waals surface area contributed by atoms with Crippen molar-refractivity contribution >= 4 is 5.91 Å². The minimum Gasteiger partial charge on any atom is -0.496 e. The molecule has 3 rings (SSSR count). The van der Waals surface area contributed by atoms with E-state index in [1.165, 1.54) is 0 Å². The van der Waals surface area contributed by atoms with Crippen molar-refractivity contribution in [1.82, 2.24) is 15.5 Å². The molecule has 1 heterocycles. The monoisotopic (exact) mass is 351 g/mol. The van der Waals surface area contributed by atoms with Crippen LogP contribution in [0.15, 0.2) is 60.7 Å². The summed E-state index contributed by atoms with van der Waals surface area (Å²) in [4.78, 5) is 12.5. The van der Waals surface area contributed by atoms with E-state index in [0.717, 1.165) is 11.1 Å². The number of carbonyl (C=O) groups is 1. The highest BCUT2D eigenvalue weighted by Crippen LogP contribution is 2.28. The molecule has 0 spiro atoms. The fourth-order valence-electron chi connectivity index (χ4n) is 2.76. The lowest BCUT2D eigenvalue weighted by molar-refractivity contribution is 0.0911. The Morgan fingerprint density at radius 1 is 1.19 bits per heavy atom. The number of aliphatic hydroxyl groups excluding tert-OH is 1. The first kappa shape index (κ1) is 17.7. The molecule has 0 fully saturated rings. The summed E-state index contributed by atoms with van der Waals surface area (Å²) < 4.78 is 5.33. The number of amides is 1. The fourth-order valence-corrected chi connectivity index (χ4v) is 2.76. The minimum absolute atomic E-state index is 0.145. The van der Waals surface area contributed by atoms with Crippen LogP contribution in [0.4, 0.5) is 0 Å². The maximum absolute atomic E-state index is 12.5. The number of methoxy groups -OCH3 is 1. The van der Waals surface area contributed by atoms with E-state index in [0.29, 0.717) is 23.6 Å². The van der Waals surface area contributed by atoms with E-state index in [2.05, 4.69) is 15.5 Å². The van der Waals surface area contributed by atoms with Crippen LogP contribution in [0.5, 0.6) is 5.75 Å². The lowest BCUT2D eigenvalue weighted by Gasteiger charge is -2.15. The van der Waals surface area contributed by atoms with Crippen LogP contribution in [0.3, 0.4) is 0 Å². The third-order valence-electron chi connectivity index (χ3n) is 4.09. The van der Waals surface area contributed by atoms with Crippen LogP contribution >= 0.6 is 0 Å². The van der Waals surface area contributed by atoms with Gasteiger partial charge in [0.15, 0.2) is 0 Å². The highest BCUT2D eigenvalue weighted by molar-refractivity contribution is 5.93. The Morgan fingerprint density at radius 3 is 2.65 bits per heavy atom. The zero-order valence-electron chi connectivity index (χ0n) is 14.5. The number of aliphatic hydroxyl groups is 1. The SMILES string of the molecule is COc1ccccc1-c1cc(C(=O)N[C@@H](CO)Cc2ccccc2)[nH]n1. The molecule has 26 heavy (non-hydrogen) atoms. The second-order valence-corrected chi connectivity index (χ2v) is 5.91. The molecule has 0 saturated heterocycles. The lowest BCUT2D eigenvalue weighted by Crippen LogP contribution is -2.39. The summed E-state index contributed by atoms with van der Waals surface area (Å²) in [6, 6.07) is 18.5. The molecule has 6 heteroatoms. The van der Waals surface area contributed by atoms with Gasteiger partial charge in [0.1, 0.15) is 11.4 Å². The first-order valence-corrected chi connectivity index (χ1v) is 8.35. The number of ether oxygens (including phenoxy) is 1. The number of hydrogen-bond acceptors (Lipinski definition) is 4. The zero-order chi connectivity index (χ0) is 18.4. The summed E-state index contributed by atoms with van der Waals surface area (Å²) in [5, 5.41) is 19.4. The van der Waals surface area contributed by atoms with E-state index >= 15 is 0 Å². The van der Waals surface area contributed by atoms with Gasteiger partial charge in [-0.3, -0.25) is 9.89 Å². The van der Waals surface area contributed by atoms with E-state index in [1.54, 1.807) is 13.2 Å². The smallest absolute Gasteiger partial charge is 0.269 e. The number of rotatable bonds is 7. The topological polar surface area (TPSA) is 87.2 Å². The van der Waals surface area contributed by atoms with E-state index in [9.17, 15) is 9.90 Å². The van der Waals surface area contributed by atoms with E-state index in [1.807, 2.05) is 54.6 Å². The summed E-state index contributed by atoms with van der Waals surface area (Å²) in [5.74, 6) is 0.372. The average molecular weight is 351 g/mol. The number of carbonyl (C=O) groups excluding carboxylic acids is 1. The molecular formula is C20H21N3O3. The van der Waals surface area contributed by atoms with Crippen molar-refractivity contribution in [3.05, 3.63) is 71.9 Å². The number of benzene rings is 2. The van der Waals surface area contributed by atoms with Gasteiger partial charge in [0, 0.05) is 5.56 Å². The first-order valence-electron chi connectivity index (χ1n) is 8.35. The van der Waals surface area contributed by atoms with Gasteiger partial charge in [-0.2, -0.15) is 5.10 Å². The Hall–Kier alpha value is -3.12. The molecule has 0 bridgehead atoms. The van der Waals surface area contributed by atoms with Crippen molar-refractivity contribution in [3.63, 3.8) is 0 Å². The number of nitrogens with one attached hydrogen (secondary N) is 2. The molecule has 1 atom stereocenters. The molecule has 0 aliphatic carbocycles. The molecule has 1 amide bonds. The normalized spacial score (nSPS) is 11.8. The maximum Gasteiger partial charge on any atom is 0.269 e. The van der Waals surface area contributed by atoms with Gasteiger partial charge in [-0.15, -0.1) is 0 Å². The second-order valence-electron chi connectivity index (χ2n) is 5.91. The van der Waals surface area contributed by atoms with E-state index in [4.69, 9.17) is 4.74 Å². The highest BCUT2D eigenvalue weighted by atomic mass is 16.5. The van der Waals surface area contributed by atoms with E-state index < -0.39 is 0 Å². The Bertz CT molecular complexity index is 862. The maximum atomic E-state index is 12.5. The van der Waals surface area contributed by atoms with Gasteiger partial charge in [0.25, 0.3) is 5.91 Å². The number of aromatic nitrogens is 2. The predicted octanol–water partition coefficient (Wildman–Crippen LogP) is 2.42. The van der Waals surface area contributed by atoms with Gasteiger partial charge in [0.2, 0.25) is 0 Å². The molecular weight excluding hydrogens is 330 g/mol. The van der Waals surface area contributed by atoms with Crippen molar-refractivity contribution < 1.29 is 14.6 Å². The van der Waals surface area contributed by atoms with Gasteiger partial charge in [-0.25, -0.2) is 0 Å². The van der Waals surface area contributed by atoms with Gasteiger partial charge in [-0.1, -0.05) is 42.5 Å². The third kappa shape index (κ3) is 4.10. The minimum atomic E-state index is -0.372. The second kappa shape index (κ2) is 8.31. The molecule has 134 valence electrons. The summed E-state index contributed by atoms with van der Waals surface area (Å²) in [6.45, 7) is -0.145. The Kier molecular flexibility index (Phi) is 5.66. The van der Waals surface area contributed by atoms with Crippen LogP contribution in [-0.4, -0.2) is 41.0 Å². The summed E-state index contributed by atoms with van der Waals surface area (Å²) in [7, 11) is 1.59. The number of para-hydroxylation sites is 1. The number of nitrogens with zero attached hydrogens (tertiary/aromatic N) is 1. The molecule has 6 nitrogen and oxygen atoms in total. The van der Waals surface area contributed by atoms with Gasteiger partial charge >= 0.3 is 0 Å². The quantitative estimate of drug-likeness (QED) is 0.610. The Morgan fingerprint density at radius 2 is 1.92 bits per heavy atom. The van der Waals surface area contributed by atoms with Crippen LogP contribution in [0, 0.1) is 0 Å². The highest BCUT2D eigenvalue weighted by Gasteiger charge is 2.17. The van der Waals surface area contributed by atoms with Crippen molar-refractivity contribution in [1.29, 1.82) is 0 Å². The van der Waals surface area contributed by atoms with Gasteiger partial charge in [0.05, 0.1) is 25.5 Å². The summed E-state index contributed by atoms with van der Waals surface area (Å²) >= 11 is 0. The third-order valence-corrected chi connectivity index (χ3v) is 4.09. The Labute approximate surface area is 151 Å². The summed E-state index contributed by atoms with van der Waals surface area (Å²) in [5.41, 5.74) is 2.80. The lowest BCUT2D eigenvalue weighted by atomic mass is 10.1. The van der Waals surface area contributed by atoms with Crippen LogP contribution in [-0.2, 0) is 6.42 Å². The van der Waals surface area contributed by atoms with Crippen LogP contribution in [0.25, 0.3) is 11.3 Å². The van der Waals surface area contributed by atoms with Crippen LogP contribution in [0.2, 0.25) is 0 Å². The zero-order valence-corrected chi connectivity index (χ0v) is 14.5. The standard InChI is InChI=1S/C20H21N3O3/c1-26-19-10-6-5-9-16(19)17-12-18(23-22-17)20(25)21-15(13-24)11-14-7-3-2-4-8-14/h2-10,12,15,24H,11,13H2,1H3,(H,21,25)(H,22,23)/t15-/m1/s1. The van der Waals surface area contributed by atoms with Crippen molar-refractivity contribution in [2.45, 2.75) is 12.5 Å². The number of H-pyrrole nitrogens is 1. The van der Waals surface area contributed by atoms with Gasteiger partial charge < -0.3 is 15.2 Å². The fraction of sp³-hybridized carbons (Fsp3) is 0.200. The molecule has 2 aromatic carbocycles. The molecule has 0 saturated carbocycles. The summed E-state index contributed by atoms with van der Waals surface area (Å²) in [6.07, 6.45) is 0.552. The molecule has 0 aliphatic heterocycles. The number of hydrogen-bond donors (Lipinski definition) is 3. The predicted molar refractivity (Wildman–Crippen MR) is 99.1 cm³/mol. The molecule has 3 N–H and O–H groups in total. The molecule has 0 unspecified atom stereocenters. The Balaban J connectivity index is 1.71. The molecule has 3 aromatic rings. The first-order chi connectivity index (χ1) is 12.7. The van der Waals surface area contributed by atoms with Crippen LogP contribution in [0.1, 0.15) is 16.1 Å². The van der Waals surface area contributed by atoms with Crippen molar-refractivity contribution in [2.24, 2.45) is 0 Å². The van der Waals surface area contributed by atoms with Crippen molar-refractivity contribution in [2.75, 3.05) is 13.7 Å². The molecule has 0 radical (unpaired) electrons. The molecule has 0 aliphatic rings. The van der Waals surface area contributed by atoms with Crippen LogP contribution < -0.4 is 10.1 Å². The average Bonchev–Trinajstić information content (AvgIpc) is 3.18. The van der Waals surface area contributed by atoms with Gasteiger partial charge in [-0.05, 0) is 30.2 Å². The van der Waals surface area contributed by atoms with E-state index in [-0.39, 0.29) is 18.6 Å². The largest absolute Gasteiger partial charge is 0.496 e. The number of aromatic amines is 1. The van der Waals surface area contributed by atoms with Crippen molar-refractivity contribution in [3.8, 4) is 17.0 Å².